The van der Waals surface area contributed by atoms with Gasteiger partial charge in [-0.1, -0.05) is 42.2 Å². The minimum absolute atomic E-state index is 0.0461. The van der Waals surface area contributed by atoms with E-state index < -0.39 is 5.97 Å². The summed E-state index contributed by atoms with van der Waals surface area (Å²) in [6.07, 6.45) is 1.78. The van der Waals surface area contributed by atoms with E-state index in [0.29, 0.717) is 20.5 Å². The summed E-state index contributed by atoms with van der Waals surface area (Å²) in [5.74, 6) is -1.55. The van der Waals surface area contributed by atoms with Crippen molar-refractivity contribution in [2.45, 2.75) is 6.92 Å². The maximum absolute atomic E-state index is 12.8. The van der Waals surface area contributed by atoms with Crippen molar-refractivity contribution in [3.05, 3.63) is 64.1 Å². The first kappa shape index (κ1) is 19.1. The Balaban J connectivity index is 1.91. The fourth-order valence-corrected chi connectivity index (χ4v) is 3.98. The van der Waals surface area contributed by atoms with Crippen LogP contribution in [0.4, 0.5) is 11.4 Å². The number of amides is 1. The molecule has 0 unspecified atom stereocenters. The second-order valence-corrected chi connectivity index (χ2v) is 7.97. The molecule has 0 bridgehead atoms. The maximum atomic E-state index is 12.8. The normalized spacial score (nSPS) is 15.5. The van der Waals surface area contributed by atoms with Crippen molar-refractivity contribution in [3.8, 4) is 0 Å². The van der Waals surface area contributed by atoms with Crippen LogP contribution in [-0.4, -0.2) is 30.3 Å². The zero-order valence-electron chi connectivity index (χ0n) is 15.1. The molecule has 5 nitrogen and oxygen atoms in total. The van der Waals surface area contributed by atoms with Gasteiger partial charge in [0.15, 0.2) is 4.32 Å². The van der Waals surface area contributed by atoms with Gasteiger partial charge in [0.1, 0.15) is 0 Å². The summed E-state index contributed by atoms with van der Waals surface area (Å²) in [5.41, 5.74) is 2.99. The predicted molar refractivity (Wildman–Crippen MR) is 112 cm³/mol. The van der Waals surface area contributed by atoms with Crippen LogP contribution in [0, 0.1) is 6.92 Å². The molecule has 1 heterocycles. The standard InChI is InChI=1S/C20H18N2O3S2/c1-12-4-7-15(11-16(12)19(24)25)22-18(23)17(27-20(22)26)10-13-5-8-14(9-6-13)21(2)3/h4-11H,1-3H3,(H,24,25)/p-1/b17-10-. The number of aromatic carboxylic acids is 1. The van der Waals surface area contributed by atoms with E-state index in [2.05, 4.69) is 0 Å². The molecule has 0 aliphatic carbocycles. The number of carbonyl (C=O) groups is 2. The number of thiocarbonyl (C=S) groups is 1. The molecular formula is C20H17N2O3S2-. The summed E-state index contributed by atoms with van der Waals surface area (Å²) < 4.78 is 0.365. The highest BCUT2D eigenvalue weighted by molar-refractivity contribution is 8.27. The lowest BCUT2D eigenvalue weighted by Crippen LogP contribution is -2.29. The Morgan fingerprint density at radius 1 is 1.19 bits per heavy atom. The van der Waals surface area contributed by atoms with Gasteiger partial charge in [-0.15, -0.1) is 0 Å². The molecule has 0 N–H and O–H groups in total. The van der Waals surface area contributed by atoms with E-state index in [0.717, 1.165) is 11.3 Å². The van der Waals surface area contributed by atoms with E-state index in [-0.39, 0.29) is 11.5 Å². The molecular weight excluding hydrogens is 380 g/mol. The molecule has 1 fully saturated rings. The minimum atomic E-state index is -1.28. The van der Waals surface area contributed by atoms with Gasteiger partial charge in [0.25, 0.3) is 5.91 Å². The zero-order valence-corrected chi connectivity index (χ0v) is 16.7. The molecule has 0 saturated carbocycles. The summed E-state index contributed by atoms with van der Waals surface area (Å²) in [6.45, 7) is 1.68. The number of hydrogen-bond acceptors (Lipinski definition) is 6. The summed E-state index contributed by atoms with van der Waals surface area (Å²) in [7, 11) is 3.92. The quantitative estimate of drug-likeness (QED) is 0.584. The van der Waals surface area contributed by atoms with Crippen molar-refractivity contribution in [2.24, 2.45) is 0 Å². The second kappa shape index (κ2) is 7.54. The lowest BCUT2D eigenvalue weighted by molar-refractivity contribution is -0.255. The molecule has 27 heavy (non-hydrogen) atoms. The molecule has 0 aromatic heterocycles. The van der Waals surface area contributed by atoms with Gasteiger partial charge in [0.2, 0.25) is 0 Å². The van der Waals surface area contributed by atoms with Gasteiger partial charge >= 0.3 is 0 Å². The van der Waals surface area contributed by atoms with Crippen molar-refractivity contribution < 1.29 is 14.7 Å². The average molecular weight is 398 g/mol. The van der Waals surface area contributed by atoms with Gasteiger partial charge in [-0.25, -0.2) is 0 Å². The van der Waals surface area contributed by atoms with Crippen LogP contribution in [0.15, 0.2) is 47.4 Å². The highest BCUT2D eigenvalue weighted by atomic mass is 32.2. The number of carboxylic acids is 1. The van der Waals surface area contributed by atoms with Gasteiger partial charge in [0.05, 0.1) is 16.6 Å². The topological polar surface area (TPSA) is 63.7 Å². The van der Waals surface area contributed by atoms with Crippen LogP contribution >= 0.6 is 24.0 Å². The fourth-order valence-electron chi connectivity index (χ4n) is 2.68. The number of benzene rings is 2. The zero-order chi connectivity index (χ0) is 19.7. The van der Waals surface area contributed by atoms with Crippen LogP contribution in [0.5, 0.6) is 0 Å². The Morgan fingerprint density at radius 3 is 2.44 bits per heavy atom. The summed E-state index contributed by atoms with van der Waals surface area (Å²) in [6, 6.07) is 12.6. The first-order chi connectivity index (χ1) is 12.8. The molecule has 1 saturated heterocycles. The molecule has 0 atom stereocenters. The first-order valence-corrected chi connectivity index (χ1v) is 9.38. The lowest BCUT2D eigenvalue weighted by Gasteiger charge is -2.17. The number of hydrogen-bond donors (Lipinski definition) is 0. The van der Waals surface area contributed by atoms with Crippen LogP contribution in [0.3, 0.4) is 0 Å². The Bertz CT molecular complexity index is 966. The van der Waals surface area contributed by atoms with E-state index >= 15 is 0 Å². The first-order valence-electron chi connectivity index (χ1n) is 8.15. The molecule has 2 aromatic rings. The molecule has 138 valence electrons. The maximum Gasteiger partial charge on any atom is 0.270 e. The number of thioether (sulfide) groups is 1. The van der Waals surface area contributed by atoms with E-state index in [1.165, 1.54) is 22.7 Å². The molecule has 2 aromatic carbocycles. The van der Waals surface area contributed by atoms with E-state index in [4.69, 9.17) is 12.2 Å². The number of carbonyl (C=O) groups excluding carboxylic acids is 2. The third kappa shape index (κ3) is 3.89. The highest BCUT2D eigenvalue weighted by Crippen LogP contribution is 2.36. The Hall–Kier alpha value is -2.64. The van der Waals surface area contributed by atoms with Crippen LogP contribution < -0.4 is 14.9 Å². The molecule has 0 spiro atoms. The largest absolute Gasteiger partial charge is 0.545 e. The van der Waals surface area contributed by atoms with Crippen LogP contribution in [0.2, 0.25) is 0 Å². The molecule has 3 rings (SSSR count). The number of carboxylic acid groups (broad SMARTS) is 1. The number of nitrogens with zero attached hydrogens (tertiary/aromatic N) is 2. The average Bonchev–Trinajstić information content (AvgIpc) is 2.89. The van der Waals surface area contributed by atoms with Gasteiger partial charge in [-0.05, 0) is 48.4 Å². The second-order valence-electron chi connectivity index (χ2n) is 6.29. The Labute approximate surface area is 167 Å². The SMILES string of the molecule is Cc1ccc(N2C(=O)/C(=C/c3ccc(N(C)C)cc3)SC2=S)cc1C(=O)[O-]. The number of anilines is 2. The van der Waals surface area contributed by atoms with Crippen LogP contribution in [0.1, 0.15) is 21.5 Å². The van der Waals surface area contributed by atoms with E-state index in [1.807, 2.05) is 43.3 Å². The van der Waals surface area contributed by atoms with Gasteiger partial charge in [0, 0.05) is 25.3 Å². The molecule has 1 amide bonds. The third-order valence-electron chi connectivity index (χ3n) is 4.20. The van der Waals surface area contributed by atoms with E-state index in [1.54, 1.807) is 25.1 Å². The molecule has 1 aliphatic heterocycles. The number of rotatable bonds is 4. The smallest absolute Gasteiger partial charge is 0.270 e. The summed E-state index contributed by atoms with van der Waals surface area (Å²) in [4.78, 5) is 27.9. The Morgan fingerprint density at radius 2 is 1.85 bits per heavy atom. The van der Waals surface area contributed by atoms with Gasteiger partial charge in [-0.2, -0.15) is 0 Å². The number of aryl methyl sites for hydroxylation is 1. The monoisotopic (exact) mass is 397 g/mol. The van der Waals surface area contributed by atoms with Gasteiger partial charge in [-0.3, -0.25) is 9.69 Å². The van der Waals surface area contributed by atoms with Crippen LogP contribution in [-0.2, 0) is 4.79 Å². The van der Waals surface area contributed by atoms with Crippen molar-refractivity contribution in [2.75, 3.05) is 23.9 Å². The van der Waals surface area contributed by atoms with Crippen molar-refractivity contribution >= 4 is 57.6 Å². The molecule has 0 radical (unpaired) electrons. The van der Waals surface area contributed by atoms with Crippen molar-refractivity contribution in [1.29, 1.82) is 0 Å². The summed E-state index contributed by atoms with van der Waals surface area (Å²) >= 11 is 6.54. The molecule has 1 aliphatic rings. The third-order valence-corrected chi connectivity index (χ3v) is 5.50. The van der Waals surface area contributed by atoms with Crippen molar-refractivity contribution in [3.63, 3.8) is 0 Å². The van der Waals surface area contributed by atoms with E-state index in [9.17, 15) is 14.7 Å². The fraction of sp³-hybridized carbons (Fsp3) is 0.150. The van der Waals surface area contributed by atoms with Gasteiger partial charge < -0.3 is 14.8 Å². The predicted octanol–water partition coefficient (Wildman–Crippen LogP) is 2.83. The molecule has 7 heteroatoms. The van der Waals surface area contributed by atoms with Crippen molar-refractivity contribution in [1.82, 2.24) is 0 Å². The lowest BCUT2D eigenvalue weighted by atomic mass is 10.1. The highest BCUT2D eigenvalue weighted by Gasteiger charge is 2.33. The summed E-state index contributed by atoms with van der Waals surface area (Å²) in [5, 5.41) is 11.3. The Kier molecular flexibility index (Phi) is 5.34. The van der Waals surface area contributed by atoms with Crippen LogP contribution in [0.25, 0.3) is 6.08 Å². The minimum Gasteiger partial charge on any atom is -0.545 e.